The number of ether oxygens (including phenoxy) is 3. The van der Waals surface area contributed by atoms with Gasteiger partial charge in [-0.05, 0) is 42.0 Å². The molecule has 0 fully saturated rings. The Labute approximate surface area is 185 Å². The Hall–Kier alpha value is -3.52. The van der Waals surface area contributed by atoms with Gasteiger partial charge in [0.25, 0.3) is 0 Å². The molecule has 0 saturated carbocycles. The van der Waals surface area contributed by atoms with Crippen LogP contribution in [0.1, 0.15) is 11.3 Å². The van der Waals surface area contributed by atoms with Gasteiger partial charge in [0.15, 0.2) is 22.7 Å². The van der Waals surface area contributed by atoms with Gasteiger partial charge in [0, 0.05) is 41.4 Å². The van der Waals surface area contributed by atoms with E-state index in [4.69, 9.17) is 30.8 Å². The van der Waals surface area contributed by atoms with Gasteiger partial charge < -0.3 is 18.6 Å². The van der Waals surface area contributed by atoms with Crippen molar-refractivity contribution in [1.82, 2.24) is 15.0 Å². The van der Waals surface area contributed by atoms with Crippen molar-refractivity contribution in [2.75, 3.05) is 21.3 Å². The zero-order valence-corrected chi connectivity index (χ0v) is 18.2. The minimum atomic E-state index is 0.507. The van der Waals surface area contributed by atoms with Gasteiger partial charge in [0.05, 0.1) is 21.3 Å². The standard InChI is InChI=1S/C23H21N3O4S/c1-27-19-10-14(11-20(28-2)21(19)29-3)9-17(31)13-16-12-15(6-8-24-16)23-26-22-18(30-23)5-4-7-25-22/h4-8,10-12H,9,13H2,1-3H3. The predicted octanol–water partition coefficient (Wildman–Crippen LogP) is 4.47. The molecule has 0 aliphatic rings. The number of pyridine rings is 2. The van der Waals surface area contributed by atoms with Crippen LogP contribution in [-0.4, -0.2) is 41.1 Å². The molecular weight excluding hydrogens is 414 g/mol. The molecule has 0 atom stereocenters. The highest BCUT2D eigenvalue weighted by atomic mass is 32.1. The molecule has 0 spiro atoms. The first-order valence-electron chi connectivity index (χ1n) is 9.58. The lowest BCUT2D eigenvalue weighted by atomic mass is 10.0. The molecule has 1 aromatic carbocycles. The lowest BCUT2D eigenvalue weighted by Crippen LogP contribution is -2.06. The minimum Gasteiger partial charge on any atom is -0.493 e. The van der Waals surface area contributed by atoms with E-state index in [1.54, 1.807) is 33.7 Å². The van der Waals surface area contributed by atoms with Gasteiger partial charge in [-0.1, -0.05) is 12.2 Å². The second-order valence-corrected chi connectivity index (χ2v) is 7.38. The van der Waals surface area contributed by atoms with Gasteiger partial charge in [-0.15, -0.1) is 0 Å². The zero-order valence-electron chi connectivity index (χ0n) is 17.4. The quantitative estimate of drug-likeness (QED) is 0.375. The summed E-state index contributed by atoms with van der Waals surface area (Å²) in [5.41, 5.74) is 3.87. The third-order valence-corrected chi connectivity index (χ3v) is 5.02. The fraction of sp³-hybridized carbons (Fsp3) is 0.217. The number of hydrogen-bond donors (Lipinski definition) is 0. The van der Waals surface area contributed by atoms with Crippen molar-refractivity contribution in [3.8, 4) is 28.7 Å². The molecule has 0 N–H and O–H groups in total. The molecule has 158 valence electrons. The number of oxazole rings is 1. The Kier molecular flexibility index (Phi) is 6.08. The summed E-state index contributed by atoms with van der Waals surface area (Å²) in [7, 11) is 4.77. The summed E-state index contributed by atoms with van der Waals surface area (Å²) >= 11 is 5.65. The average molecular weight is 436 g/mol. The molecule has 0 aliphatic carbocycles. The topological polar surface area (TPSA) is 79.5 Å². The van der Waals surface area contributed by atoms with Gasteiger partial charge in [-0.2, -0.15) is 4.98 Å². The normalized spacial score (nSPS) is 10.8. The molecule has 0 saturated heterocycles. The second-order valence-electron chi connectivity index (χ2n) is 6.81. The van der Waals surface area contributed by atoms with Crippen molar-refractivity contribution < 1.29 is 18.6 Å². The monoisotopic (exact) mass is 435 g/mol. The molecule has 3 aromatic heterocycles. The SMILES string of the molecule is COc1cc(CC(=S)Cc2cc(-c3nc4ncccc4o3)ccn2)cc(OC)c1OC. The highest BCUT2D eigenvalue weighted by Crippen LogP contribution is 2.38. The van der Waals surface area contributed by atoms with Gasteiger partial charge >= 0.3 is 0 Å². The largest absolute Gasteiger partial charge is 0.493 e. The van der Waals surface area contributed by atoms with Crippen LogP contribution in [0.3, 0.4) is 0 Å². The van der Waals surface area contributed by atoms with E-state index in [0.29, 0.717) is 47.2 Å². The Balaban J connectivity index is 1.52. The van der Waals surface area contributed by atoms with Gasteiger partial charge in [-0.3, -0.25) is 4.98 Å². The maximum absolute atomic E-state index is 5.81. The molecular formula is C23H21N3O4S. The molecule has 0 radical (unpaired) electrons. The lowest BCUT2D eigenvalue weighted by molar-refractivity contribution is 0.324. The Morgan fingerprint density at radius 1 is 0.935 bits per heavy atom. The van der Waals surface area contributed by atoms with E-state index in [1.807, 2.05) is 36.4 Å². The van der Waals surface area contributed by atoms with Gasteiger partial charge in [0.2, 0.25) is 11.6 Å². The summed E-state index contributed by atoms with van der Waals surface area (Å²) < 4.78 is 22.0. The Morgan fingerprint density at radius 2 is 1.71 bits per heavy atom. The summed E-state index contributed by atoms with van der Waals surface area (Å²) in [6.07, 6.45) is 4.53. The van der Waals surface area contributed by atoms with Crippen LogP contribution in [-0.2, 0) is 12.8 Å². The number of benzene rings is 1. The van der Waals surface area contributed by atoms with E-state index in [0.717, 1.165) is 21.7 Å². The number of methoxy groups -OCH3 is 3. The molecule has 4 rings (SSSR count). The van der Waals surface area contributed by atoms with Crippen LogP contribution in [0.4, 0.5) is 0 Å². The van der Waals surface area contributed by atoms with Crippen LogP contribution in [0.5, 0.6) is 17.2 Å². The molecule has 0 bridgehead atoms. The first-order chi connectivity index (χ1) is 15.1. The van der Waals surface area contributed by atoms with E-state index in [9.17, 15) is 0 Å². The zero-order chi connectivity index (χ0) is 21.8. The number of hydrogen-bond acceptors (Lipinski definition) is 8. The van der Waals surface area contributed by atoms with E-state index in [-0.39, 0.29) is 0 Å². The van der Waals surface area contributed by atoms with Crippen LogP contribution < -0.4 is 14.2 Å². The number of rotatable bonds is 8. The third kappa shape index (κ3) is 4.49. The van der Waals surface area contributed by atoms with E-state index >= 15 is 0 Å². The maximum atomic E-state index is 5.81. The maximum Gasteiger partial charge on any atom is 0.229 e. The summed E-state index contributed by atoms with van der Waals surface area (Å²) in [5, 5.41) is 0. The molecule has 0 aliphatic heterocycles. The lowest BCUT2D eigenvalue weighted by Gasteiger charge is -2.14. The Bertz CT molecular complexity index is 1180. The first kappa shape index (κ1) is 20.7. The predicted molar refractivity (Wildman–Crippen MR) is 121 cm³/mol. The van der Waals surface area contributed by atoms with Crippen molar-refractivity contribution >= 4 is 28.3 Å². The van der Waals surface area contributed by atoms with Crippen LogP contribution in [0.25, 0.3) is 22.7 Å². The summed E-state index contributed by atoms with van der Waals surface area (Å²) in [5.74, 6) is 2.27. The van der Waals surface area contributed by atoms with Crippen LogP contribution >= 0.6 is 12.2 Å². The minimum absolute atomic E-state index is 0.507. The summed E-state index contributed by atoms with van der Waals surface area (Å²) in [4.78, 5) is 13.9. The van der Waals surface area contributed by atoms with E-state index in [2.05, 4.69) is 15.0 Å². The average Bonchev–Trinajstić information content (AvgIpc) is 3.23. The van der Waals surface area contributed by atoms with Crippen molar-refractivity contribution in [2.45, 2.75) is 12.8 Å². The highest BCUT2D eigenvalue weighted by Gasteiger charge is 2.15. The smallest absolute Gasteiger partial charge is 0.229 e. The van der Waals surface area contributed by atoms with Crippen molar-refractivity contribution in [2.24, 2.45) is 0 Å². The molecule has 3 heterocycles. The fourth-order valence-corrected chi connectivity index (χ4v) is 3.64. The fourth-order valence-electron chi connectivity index (χ4n) is 3.33. The molecule has 8 heteroatoms. The molecule has 0 unspecified atom stereocenters. The van der Waals surface area contributed by atoms with E-state index in [1.165, 1.54) is 0 Å². The molecule has 31 heavy (non-hydrogen) atoms. The number of aromatic nitrogens is 3. The first-order valence-corrected chi connectivity index (χ1v) is 9.99. The third-order valence-electron chi connectivity index (χ3n) is 4.73. The molecule has 0 amide bonds. The van der Waals surface area contributed by atoms with E-state index < -0.39 is 0 Å². The highest BCUT2D eigenvalue weighted by molar-refractivity contribution is 7.80. The second kappa shape index (κ2) is 9.09. The van der Waals surface area contributed by atoms with Gasteiger partial charge in [0.1, 0.15) is 0 Å². The number of fused-ring (bicyclic) bond motifs is 1. The Morgan fingerprint density at radius 3 is 2.39 bits per heavy atom. The number of nitrogens with zero attached hydrogens (tertiary/aromatic N) is 3. The van der Waals surface area contributed by atoms with Crippen LogP contribution in [0.2, 0.25) is 0 Å². The number of thiocarbonyl (C=S) groups is 1. The van der Waals surface area contributed by atoms with Crippen molar-refractivity contribution in [3.63, 3.8) is 0 Å². The van der Waals surface area contributed by atoms with Crippen LogP contribution in [0.15, 0.2) is 53.2 Å². The summed E-state index contributed by atoms with van der Waals surface area (Å²) in [6, 6.07) is 11.3. The van der Waals surface area contributed by atoms with Crippen molar-refractivity contribution in [3.05, 3.63) is 60.0 Å². The molecule has 4 aromatic rings. The van der Waals surface area contributed by atoms with Crippen LogP contribution in [0, 0.1) is 0 Å². The molecule has 7 nitrogen and oxygen atoms in total. The van der Waals surface area contributed by atoms with Crippen molar-refractivity contribution in [1.29, 1.82) is 0 Å². The summed E-state index contributed by atoms with van der Waals surface area (Å²) in [6.45, 7) is 0. The van der Waals surface area contributed by atoms with Gasteiger partial charge in [-0.25, -0.2) is 4.98 Å².